The lowest BCUT2D eigenvalue weighted by atomic mass is 10.1. The molecule has 4 rings (SSSR count). The highest BCUT2D eigenvalue weighted by atomic mass is 35.5. The van der Waals surface area contributed by atoms with Gasteiger partial charge in [-0.25, -0.2) is 22.8 Å². The van der Waals surface area contributed by atoms with E-state index < -0.39 is 6.43 Å². The summed E-state index contributed by atoms with van der Waals surface area (Å²) in [6.07, 6.45) is -2.64. The van der Waals surface area contributed by atoms with Crippen molar-refractivity contribution < 1.29 is 18.0 Å². The molecule has 6 nitrogen and oxygen atoms in total. The van der Waals surface area contributed by atoms with Crippen molar-refractivity contribution >= 4 is 28.5 Å². The molecule has 10 heteroatoms. The maximum Gasteiger partial charge on any atom is 0.264 e. The van der Waals surface area contributed by atoms with Crippen LogP contribution in [0.3, 0.4) is 0 Å². The minimum atomic E-state index is -2.64. The highest BCUT2D eigenvalue weighted by Gasteiger charge is 2.25. The van der Waals surface area contributed by atoms with E-state index in [0.717, 1.165) is 5.56 Å². The molecule has 1 aliphatic heterocycles. The molecule has 0 radical (unpaired) electrons. The van der Waals surface area contributed by atoms with Crippen LogP contribution < -0.4 is 0 Å². The Balaban J connectivity index is 1.43. The first kappa shape index (κ1) is 22.5. The quantitative estimate of drug-likeness (QED) is 0.568. The van der Waals surface area contributed by atoms with E-state index in [9.17, 15) is 18.0 Å². The summed E-state index contributed by atoms with van der Waals surface area (Å²) in [4.78, 5) is 21.1. The zero-order valence-electron chi connectivity index (χ0n) is 17.8. The van der Waals surface area contributed by atoms with E-state index in [2.05, 4.69) is 15.0 Å². The van der Waals surface area contributed by atoms with E-state index in [1.54, 1.807) is 24.8 Å². The molecule has 0 saturated carbocycles. The number of carbonyl (C=O) groups excluding carboxylic acids is 1. The topological polar surface area (TPSA) is 54.3 Å². The van der Waals surface area contributed by atoms with Gasteiger partial charge in [0.2, 0.25) is 5.91 Å². The average molecular weight is 466 g/mol. The van der Waals surface area contributed by atoms with Gasteiger partial charge in [-0.05, 0) is 37.6 Å². The van der Waals surface area contributed by atoms with Crippen molar-refractivity contribution in [3.63, 3.8) is 0 Å². The molecule has 0 N–H and O–H groups in total. The molecule has 32 heavy (non-hydrogen) atoms. The van der Waals surface area contributed by atoms with Crippen LogP contribution in [0.25, 0.3) is 11.0 Å². The van der Waals surface area contributed by atoms with Crippen molar-refractivity contribution in [2.24, 2.45) is 0 Å². The van der Waals surface area contributed by atoms with Gasteiger partial charge in [-0.3, -0.25) is 9.69 Å². The van der Waals surface area contributed by atoms with Crippen molar-refractivity contribution in [1.82, 2.24) is 24.6 Å². The number of fused-ring (bicyclic) bond motifs is 1. The van der Waals surface area contributed by atoms with Gasteiger partial charge in [-0.1, -0.05) is 17.7 Å². The molecule has 0 atom stereocenters. The number of hydrogen-bond acceptors (Lipinski definition) is 4. The number of amides is 1. The second kappa shape index (κ2) is 9.07. The lowest BCUT2D eigenvalue weighted by Gasteiger charge is -2.35. The SMILES string of the molecule is Cc1cc(C(F)F)c2c(C)nn(CC(=O)N3CCN(Cc4ccc(F)cc4Cl)CC3)c2n1. The van der Waals surface area contributed by atoms with Crippen molar-refractivity contribution in [2.45, 2.75) is 33.4 Å². The Morgan fingerprint density at radius 1 is 1.16 bits per heavy atom. The molecule has 1 fully saturated rings. The average Bonchev–Trinajstić information content (AvgIpc) is 3.04. The molecule has 0 aliphatic carbocycles. The first-order valence-corrected chi connectivity index (χ1v) is 10.7. The van der Waals surface area contributed by atoms with E-state index in [-0.39, 0.29) is 23.8 Å². The molecule has 3 heterocycles. The van der Waals surface area contributed by atoms with Crippen molar-refractivity contribution in [3.8, 4) is 0 Å². The second-order valence-electron chi connectivity index (χ2n) is 7.99. The summed E-state index contributed by atoms with van der Waals surface area (Å²) >= 11 is 6.12. The molecule has 0 bridgehead atoms. The maximum absolute atomic E-state index is 13.5. The fraction of sp³-hybridized carbons (Fsp3) is 0.409. The Labute approximate surface area is 188 Å². The van der Waals surface area contributed by atoms with E-state index >= 15 is 0 Å². The molecule has 3 aromatic rings. The van der Waals surface area contributed by atoms with Crippen LogP contribution in [0.1, 0.15) is 28.9 Å². The molecule has 0 unspecified atom stereocenters. The van der Waals surface area contributed by atoms with E-state index in [0.29, 0.717) is 60.2 Å². The smallest absolute Gasteiger partial charge is 0.264 e. The summed E-state index contributed by atoms with van der Waals surface area (Å²) in [5.41, 5.74) is 1.90. The Kier molecular flexibility index (Phi) is 6.39. The van der Waals surface area contributed by atoms with Gasteiger partial charge in [-0.2, -0.15) is 5.10 Å². The van der Waals surface area contributed by atoms with Crippen LogP contribution in [0.2, 0.25) is 5.02 Å². The molecule has 1 aliphatic rings. The molecule has 2 aromatic heterocycles. The zero-order chi connectivity index (χ0) is 23.0. The number of nitrogens with zero attached hydrogens (tertiary/aromatic N) is 5. The molecule has 1 saturated heterocycles. The first-order valence-electron chi connectivity index (χ1n) is 10.3. The molecule has 170 valence electrons. The fourth-order valence-corrected chi connectivity index (χ4v) is 4.30. The lowest BCUT2D eigenvalue weighted by Crippen LogP contribution is -2.49. The third kappa shape index (κ3) is 4.59. The summed E-state index contributed by atoms with van der Waals surface area (Å²) in [7, 11) is 0. The van der Waals surface area contributed by atoms with Gasteiger partial charge < -0.3 is 4.90 Å². The number of aryl methyl sites for hydroxylation is 2. The van der Waals surface area contributed by atoms with Gasteiger partial charge in [0.15, 0.2) is 5.65 Å². The van der Waals surface area contributed by atoms with E-state index in [1.165, 1.54) is 22.9 Å². The van der Waals surface area contributed by atoms with Crippen LogP contribution in [-0.2, 0) is 17.9 Å². The zero-order valence-corrected chi connectivity index (χ0v) is 18.5. The Morgan fingerprint density at radius 3 is 2.53 bits per heavy atom. The van der Waals surface area contributed by atoms with E-state index in [4.69, 9.17) is 11.6 Å². The molecular formula is C22H23ClF3N5O. The standard InChI is InChI=1S/C22H23ClF3N5O/c1-13-9-17(21(25)26)20-14(2)28-31(22(20)27-13)12-19(32)30-7-5-29(6-8-30)11-15-3-4-16(24)10-18(15)23/h3-4,9-10,21H,5-8,11-12H2,1-2H3. The Morgan fingerprint density at radius 2 is 1.88 bits per heavy atom. The van der Waals surface area contributed by atoms with Crippen LogP contribution in [-0.4, -0.2) is 56.7 Å². The normalized spacial score (nSPS) is 15.2. The van der Waals surface area contributed by atoms with E-state index in [1.807, 2.05) is 0 Å². The highest BCUT2D eigenvalue weighted by Crippen LogP contribution is 2.30. The van der Waals surface area contributed by atoms with Gasteiger partial charge in [0.25, 0.3) is 6.43 Å². The number of alkyl halides is 2. The third-order valence-electron chi connectivity index (χ3n) is 5.69. The van der Waals surface area contributed by atoms with Crippen LogP contribution >= 0.6 is 11.6 Å². The predicted molar refractivity (Wildman–Crippen MR) is 115 cm³/mol. The summed E-state index contributed by atoms with van der Waals surface area (Å²) in [6.45, 7) is 6.13. The summed E-state index contributed by atoms with van der Waals surface area (Å²) in [5, 5.41) is 5.00. The number of rotatable bonds is 5. The Hall–Kier alpha value is -2.65. The first-order chi connectivity index (χ1) is 15.2. The van der Waals surface area contributed by atoms with Crippen molar-refractivity contribution in [1.29, 1.82) is 0 Å². The number of pyridine rings is 1. The fourth-order valence-electron chi connectivity index (χ4n) is 4.07. The van der Waals surface area contributed by atoms with Crippen LogP contribution in [0.4, 0.5) is 13.2 Å². The van der Waals surface area contributed by atoms with Crippen LogP contribution in [0, 0.1) is 19.7 Å². The Bertz CT molecular complexity index is 1160. The second-order valence-corrected chi connectivity index (χ2v) is 8.40. The van der Waals surface area contributed by atoms with Gasteiger partial charge in [0.05, 0.1) is 11.1 Å². The third-order valence-corrected chi connectivity index (χ3v) is 6.04. The molecule has 1 aromatic carbocycles. The number of benzene rings is 1. The summed E-state index contributed by atoms with van der Waals surface area (Å²) < 4.78 is 41.6. The minimum Gasteiger partial charge on any atom is -0.339 e. The predicted octanol–water partition coefficient (Wildman–Crippen LogP) is 4.12. The van der Waals surface area contributed by atoms with Crippen LogP contribution in [0.5, 0.6) is 0 Å². The van der Waals surface area contributed by atoms with Crippen molar-refractivity contribution in [3.05, 3.63) is 57.6 Å². The van der Waals surface area contributed by atoms with Gasteiger partial charge in [0.1, 0.15) is 12.4 Å². The maximum atomic E-state index is 13.5. The number of hydrogen-bond donors (Lipinski definition) is 0. The monoisotopic (exact) mass is 465 g/mol. The number of piperazine rings is 1. The number of aromatic nitrogens is 3. The minimum absolute atomic E-state index is 0.0622. The van der Waals surface area contributed by atoms with Gasteiger partial charge in [0, 0.05) is 49.0 Å². The van der Waals surface area contributed by atoms with Crippen molar-refractivity contribution in [2.75, 3.05) is 26.2 Å². The lowest BCUT2D eigenvalue weighted by molar-refractivity contribution is -0.133. The van der Waals surface area contributed by atoms with Crippen LogP contribution in [0.15, 0.2) is 24.3 Å². The van der Waals surface area contributed by atoms with Gasteiger partial charge >= 0.3 is 0 Å². The molecule has 0 spiro atoms. The number of halogens is 4. The molecule has 1 amide bonds. The number of carbonyl (C=O) groups is 1. The molecular weight excluding hydrogens is 443 g/mol. The largest absolute Gasteiger partial charge is 0.339 e. The highest BCUT2D eigenvalue weighted by molar-refractivity contribution is 6.31. The summed E-state index contributed by atoms with van der Waals surface area (Å²) in [5.74, 6) is -0.517. The van der Waals surface area contributed by atoms with Gasteiger partial charge in [-0.15, -0.1) is 0 Å². The summed E-state index contributed by atoms with van der Waals surface area (Å²) in [6, 6.07) is 5.71.